The average Bonchev–Trinajstić information content (AvgIpc) is 3.29. The van der Waals surface area contributed by atoms with Crippen molar-refractivity contribution in [3.63, 3.8) is 0 Å². The number of rotatable bonds is 5. The van der Waals surface area contributed by atoms with Crippen LogP contribution in [-0.4, -0.2) is 35.9 Å². The first-order valence-corrected chi connectivity index (χ1v) is 9.48. The van der Waals surface area contributed by atoms with Gasteiger partial charge in [-0.05, 0) is 72.5 Å². The molecule has 0 spiro atoms. The Morgan fingerprint density at radius 1 is 1.17 bits per heavy atom. The van der Waals surface area contributed by atoms with Crippen molar-refractivity contribution >= 4 is 27.1 Å². The van der Waals surface area contributed by atoms with Crippen molar-refractivity contribution in [2.24, 2.45) is 11.8 Å². The minimum absolute atomic E-state index is 0.740. The van der Waals surface area contributed by atoms with E-state index < -0.39 is 0 Å². The molecule has 124 valence electrons. The molecule has 0 radical (unpaired) electrons. The van der Waals surface area contributed by atoms with Crippen LogP contribution in [0.4, 0.5) is 5.69 Å². The maximum absolute atomic E-state index is 5.53. The van der Waals surface area contributed by atoms with E-state index in [-0.39, 0.29) is 0 Å². The van der Waals surface area contributed by atoms with Crippen molar-refractivity contribution in [1.29, 1.82) is 0 Å². The molecule has 3 heterocycles. The second-order valence-electron chi connectivity index (χ2n) is 6.98. The number of hydrogen-bond acceptors (Lipinski definition) is 3. The highest BCUT2D eigenvalue weighted by molar-refractivity contribution is 9.10. The number of nitrogens with zero attached hydrogens (tertiary/aromatic N) is 3. The fraction of sp³-hybridized carbons (Fsp3) is 0.611. The molecule has 0 bridgehead atoms. The largest absolute Gasteiger partial charge is 0.381 e. The molecule has 0 N–H and O–H groups in total. The summed E-state index contributed by atoms with van der Waals surface area (Å²) in [6, 6.07) is 6.34. The highest BCUT2D eigenvalue weighted by Gasteiger charge is 2.29. The Labute approximate surface area is 145 Å². The highest BCUT2D eigenvalue weighted by Crippen LogP contribution is 2.36. The van der Waals surface area contributed by atoms with E-state index in [1.54, 1.807) is 0 Å². The molecule has 23 heavy (non-hydrogen) atoms. The normalized spacial score (nSPS) is 19.4. The van der Waals surface area contributed by atoms with Gasteiger partial charge < -0.3 is 9.64 Å². The average molecular weight is 378 g/mol. The van der Waals surface area contributed by atoms with Crippen molar-refractivity contribution in [3.05, 3.63) is 28.5 Å². The van der Waals surface area contributed by atoms with E-state index in [1.165, 1.54) is 43.4 Å². The van der Waals surface area contributed by atoms with E-state index in [0.717, 1.165) is 41.9 Å². The Kier molecular flexibility index (Phi) is 4.33. The van der Waals surface area contributed by atoms with Crippen LogP contribution < -0.4 is 4.90 Å². The van der Waals surface area contributed by atoms with Crippen molar-refractivity contribution in [3.8, 4) is 0 Å². The molecule has 1 saturated heterocycles. The number of hydrogen-bond donors (Lipinski definition) is 0. The molecule has 0 aromatic carbocycles. The third-order valence-corrected chi connectivity index (χ3v) is 5.67. The molecule has 1 saturated carbocycles. The number of aryl methyl sites for hydroxylation is 1. The quantitative estimate of drug-likeness (QED) is 0.736. The van der Waals surface area contributed by atoms with Gasteiger partial charge in [0.15, 0.2) is 0 Å². The maximum atomic E-state index is 5.53. The SMILES string of the molecule is Cc1nn2c(Br)cccc2c1N(CC1CCOCC1)CC1CC1. The molecule has 2 aliphatic rings. The zero-order valence-corrected chi connectivity index (χ0v) is 15.3. The van der Waals surface area contributed by atoms with Gasteiger partial charge >= 0.3 is 0 Å². The molecule has 2 aromatic heterocycles. The summed E-state index contributed by atoms with van der Waals surface area (Å²) >= 11 is 3.62. The summed E-state index contributed by atoms with van der Waals surface area (Å²) in [4.78, 5) is 2.61. The Hall–Kier alpha value is -1.07. The summed E-state index contributed by atoms with van der Waals surface area (Å²) in [5, 5.41) is 4.76. The predicted octanol–water partition coefficient (Wildman–Crippen LogP) is 4.05. The molecule has 4 nitrogen and oxygen atoms in total. The van der Waals surface area contributed by atoms with Gasteiger partial charge in [-0.1, -0.05) is 6.07 Å². The van der Waals surface area contributed by atoms with Crippen molar-refractivity contribution in [1.82, 2.24) is 9.61 Å². The maximum Gasteiger partial charge on any atom is 0.108 e. The lowest BCUT2D eigenvalue weighted by atomic mass is 9.99. The molecule has 1 aliphatic carbocycles. The van der Waals surface area contributed by atoms with Gasteiger partial charge in [0.25, 0.3) is 0 Å². The zero-order valence-electron chi connectivity index (χ0n) is 13.7. The lowest BCUT2D eigenvalue weighted by molar-refractivity contribution is 0.0682. The van der Waals surface area contributed by atoms with Crippen LogP contribution in [0, 0.1) is 18.8 Å². The molecule has 2 aromatic rings. The Morgan fingerprint density at radius 2 is 1.87 bits per heavy atom. The molecule has 0 amide bonds. The molecular weight excluding hydrogens is 354 g/mol. The summed E-state index contributed by atoms with van der Waals surface area (Å²) in [6.07, 6.45) is 5.13. The lowest BCUT2D eigenvalue weighted by Gasteiger charge is -2.31. The van der Waals surface area contributed by atoms with Gasteiger partial charge in [-0.15, -0.1) is 0 Å². The molecule has 2 fully saturated rings. The third-order valence-electron chi connectivity index (χ3n) is 5.06. The van der Waals surface area contributed by atoms with Gasteiger partial charge in [-0.3, -0.25) is 0 Å². The second-order valence-corrected chi connectivity index (χ2v) is 7.80. The molecule has 4 rings (SSSR count). The van der Waals surface area contributed by atoms with Gasteiger partial charge in [-0.25, -0.2) is 4.52 Å². The van der Waals surface area contributed by atoms with E-state index in [4.69, 9.17) is 9.84 Å². The van der Waals surface area contributed by atoms with Crippen molar-refractivity contribution in [2.45, 2.75) is 32.6 Å². The summed E-state index contributed by atoms with van der Waals surface area (Å²) in [5.41, 5.74) is 3.67. The molecule has 0 unspecified atom stereocenters. The monoisotopic (exact) mass is 377 g/mol. The van der Waals surface area contributed by atoms with E-state index in [0.29, 0.717) is 0 Å². The van der Waals surface area contributed by atoms with Crippen molar-refractivity contribution < 1.29 is 4.74 Å². The minimum atomic E-state index is 0.740. The van der Waals surface area contributed by atoms with Crippen LogP contribution in [0.2, 0.25) is 0 Å². The highest BCUT2D eigenvalue weighted by atomic mass is 79.9. The number of fused-ring (bicyclic) bond motifs is 1. The predicted molar refractivity (Wildman–Crippen MR) is 96.1 cm³/mol. The van der Waals surface area contributed by atoms with Crippen LogP contribution in [0.1, 0.15) is 31.4 Å². The first-order valence-electron chi connectivity index (χ1n) is 8.69. The number of aromatic nitrogens is 2. The van der Waals surface area contributed by atoms with E-state index in [9.17, 15) is 0 Å². The second kappa shape index (κ2) is 6.44. The summed E-state index contributed by atoms with van der Waals surface area (Å²) < 4.78 is 8.57. The fourth-order valence-corrected chi connectivity index (χ4v) is 4.06. The Bertz CT molecular complexity index is 689. The minimum Gasteiger partial charge on any atom is -0.381 e. The van der Waals surface area contributed by atoms with E-state index in [2.05, 4.69) is 39.9 Å². The molecule has 1 aliphatic heterocycles. The van der Waals surface area contributed by atoms with Gasteiger partial charge in [0.1, 0.15) is 4.60 Å². The lowest BCUT2D eigenvalue weighted by Crippen LogP contribution is -2.34. The van der Waals surface area contributed by atoms with Gasteiger partial charge in [0, 0.05) is 26.3 Å². The van der Waals surface area contributed by atoms with E-state index in [1.807, 2.05) is 10.6 Å². The van der Waals surface area contributed by atoms with Gasteiger partial charge in [0.05, 0.1) is 16.9 Å². The van der Waals surface area contributed by atoms with Crippen LogP contribution in [0.25, 0.3) is 5.52 Å². The number of pyridine rings is 1. The Balaban J connectivity index is 1.67. The number of anilines is 1. The number of ether oxygens (including phenoxy) is 1. The number of halogens is 1. The first-order chi connectivity index (χ1) is 11.2. The smallest absolute Gasteiger partial charge is 0.108 e. The molecular formula is C18H24BrN3O. The first kappa shape index (κ1) is 15.5. The van der Waals surface area contributed by atoms with Gasteiger partial charge in [0.2, 0.25) is 0 Å². The van der Waals surface area contributed by atoms with Crippen LogP contribution in [0.3, 0.4) is 0 Å². The zero-order chi connectivity index (χ0) is 15.8. The summed E-state index contributed by atoms with van der Waals surface area (Å²) in [7, 11) is 0. The summed E-state index contributed by atoms with van der Waals surface area (Å²) in [5.74, 6) is 1.61. The van der Waals surface area contributed by atoms with Gasteiger partial charge in [-0.2, -0.15) is 5.10 Å². The summed E-state index contributed by atoms with van der Waals surface area (Å²) in [6.45, 7) is 6.28. The molecule has 0 atom stereocenters. The van der Waals surface area contributed by atoms with Crippen LogP contribution >= 0.6 is 15.9 Å². The third kappa shape index (κ3) is 3.26. The van der Waals surface area contributed by atoms with Crippen molar-refractivity contribution in [2.75, 3.05) is 31.2 Å². The van der Waals surface area contributed by atoms with Crippen LogP contribution in [-0.2, 0) is 4.74 Å². The van der Waals surface area contributed by atoms with E-state index >= 15 is 0 Å². The van der Waals surface area contributed by atoms with Crippen LogP contribution in [0.15, 0.2) is 22.8 Å². The van der Waals surface area contributed by atoms with Crippen LogP contribution in [0.5, 0.6) is 0 Å². The topological polar surface area (TPSA) is 29.8 Å². The fourth-order valence-electron chi connectivity index (χ4n) is 3.64. The molecule has 5 heteroatoms. The Morgan fingerprint density at radius 3 is 2.57 bits per heavy atom. The standard InChI is InChI=1S/C18H24BrN3O/c1-13-18(16-3-2-4-17(19)22(16)20-13)21(11-14-5-6-14)12-15-7-9-23-10-8-15/h2-4,14-15H,5-12H2,1H3.